The fourth-order valence-electron chi connectivity index (χ4n) is 1.54. The summed E-state index contributed by atoms with van der Waals surface area (Å²) < 4.78 is 1.45. The van der Waals surface area contributed by atoms with Crippen LogP contribution in [-0.2, 0) is 0 Å². The highest BCUT2D eigenvalue weighted by Crippen LogP contribution is 2.27. The summed E-state index contributed by atoms with van der Waals surface area (Å²) in [6.07, 6.45) is 1.50. The Bertz CT molecular complexity index is 662. The van der Waals surface area contributed by atoms with Gasteiger partial charge in [-0.25, -0.2) is 19.7 Å². The Morgan fingerprint density at radius 2 is 2.26 bits per heavy atom. The quantitative estimate of drug-likeness (QED) is 0.877. The standard InChI is InChI=1S/C11H12N4O3S/c1-6(2)15-10(18)13-14-11(15)19-8-7(9(16)17)4-3-5-12-8/h3-6H,1-2H3,(H,13,18)(H,16,17). The molecule has 0 aromatic carbocycles. The van der Waals surface area contributed by atoms with Crippen molar-refractivity contribution in [2.75, 3.05) is 0 Å². The van der Waals surface area contributed by atoms with Gasteiger partial charge in [-0.2, -0.15) is 0 Å². The van der Waals surface area contributed by atoms with Crippen LogP contribution in [-0.4, -0.2) is 30.8 Å². The summed E-state index contributed by atoms with van der Waals surface area (Å²) >= 11 is 1.05. The van der Waals surface area contributed by atoms with Crippen LogP contribution in [0.3, 0.4) is 0 Å². The number of hydrogen-bond donors (Lipinski definition) is 2. The number of pyridine rings is 1. The normalized spacial score (nSPS) is 10.9. The summed E-state index contributed by atoms with van der Waals surface area (Å²) in [7, 11) is 0. The highest BCUT2D eigenvalue weighted by Gasteiger charge is 2.17. The van der Waals surface area contributed by atoms with E-state index >= 15 is 0 Å². The van der Waals surface area contributed by atoms with Crippen LogP contribution in [0.25, 0.3) is 0 Å². The highest BCUT2D eigenvalue weighted by atomic mass is 32.2. The zero-order chi connectivity index (χ0) is 14.0. The van der Waals surface area contributed by atoms with E-state index in [1.54, 1.807) is 6.07 Å². The first-order valence-corrected chi connectivity index (χ1v) is 6.35. The third kappa shape index (κ3) is 2.68. The highest BCUT2D eigenvalue weighted by molar-refractivity contribution is 7.99. The zero-order valence-corrected chi connectivity index (χ0v) is 11.1. The number of nitrogens with one attached hydrogen (secondary N) is 1. The summed E-state index contributed by atoms with van der Waals surface area (Å²) in [5, 5.41) is 16.0. The molecular formula is C11H12N4O3S. The van der Waals surface area contributed by atoms with E-state index in [4.69, 9.17) is 5.11 Å². The fourth-order valence-corrected chi connectivity index (χ4v) is 2.57. The molecule has 0 aliphatic heterocycles. The van der Waals surface area contributed by atoms with Gasteiger partial charge in [-0.3, -0.25) is 4.57 Å². The van der Waals surface area contributed by atoms with Crippen LogP contribution in [0.15, 0.2) is 33.3 Å². The van der Waals surface area contributed by atoms with Gasteiger partial charge in [0.2, 0.25) is 0 Å². The van der Waals surface area contributed by atoms with Crippen molar-refractivity contribution in [2.24, 2.45) is 0 Å². The van der Waals surface area contributed by atoms with Crippen LogP contribution in [0, 0.1) is 0 Å². The smallest absolute Gasteiger partial charge is 0.344 e. The largest absolute Gasteiger partial charge is 0.478 e. The molecule has 2 N–H and O–H groups in total. The third-order valence-corrected chi connectivity index (χ3v) is 3.37. The lowest BCUT2D eigenvalue weighted by atomic mass is 10.3. The molecule has 0 saturated heterocycles. The van der Waals surface area contributed by atoms with Gasteiger partial charge in [0.1, 0.15) is 5.03 Å². The van der Waals surface area contributed by atoms with E-state index in [1.165, 1.54) is 16.8 Å². The van der Waals surface area contributed by atoms with E-state index < -0.39 is 5.97 Å². The number of H-pyrrole nitrogens is 1. The summed E-state index contributed by atoms with van der Waals surface area (Å²) in [6, 6.07) is 2.93. The number of rotatable bonds is 4. The number of carboxylic acids is 1. The summed E-state index contributed by atoms with van der Waals surface area (Å²) in [4.78, 5) is 26.7. The van der Waals surface area contributed by atoms with Crippen LogP contribution in [0.4, 0.5) is 0 Å². The Morgan fingerprint density at radius 3 is 2.89 bits per heavy atom. The molecule has 0 saturated carbocycles. The molecule has 0 fully saturated rings. The first-order chi connectivity index (χ1) is 9.00. The maximum atomic E-state index is 11.6. The molecule has 0 unspecified atom stereocenters. The van der Waals surface area contributed by atoms with Gasteiger partial charge in [-0.05, 0) is 37.7 Å². The minimum absolute atomic E-state index is 0.0780. The van der Waals surface area contributed by atoms with Gasteiger partial charge in [0.05, 0.1) is 5.56 Å². The molecule has 2 rings (SSSR count). The average molecular weight is 280 g/mol. The molecule has 19 heavy (non-hydrogen) atoms. The van der Waals surface area contributed by atoms with E-state index in [2.05, 4.69) is 15.2 Å². The monoisotopic (exact) mass is 280 g/mol. The Labute approximate surface area is 112 Å². The number of hydrogen-bond acceptors (Lipinski definition) is 5. The molecule has 2 heterocycles. The molecule has 7 nitrogen and oxygen atoms in total. The Balaban J connectivity index is 2.43. The molecule has 2 aromatic heterocycles. The van der Waals surface area contributed by atoms with Crippen molar-refractivity contribution in [1.82, 2.24) is 19.7 Å². The topological polar surface area (TPSA) is 101 Å². The average Bonchev–Trinajstić information content (AvgIpc) is 2.71. The maximum Gasteiger partial charge on any atom is 0.344 e. The van der Waals surface area contributed by atoms with Crippen LogP contribution in [0.5, 0.6) is 0 Å². The molecule has 0 amide bonds. The molecule has 0 aliphatic rings. The van der Waals surface area contributed by atoms with Gasteiger partial charge in [0.15, 0.2) is 5.16 Å². The molecule has 2 aromatic rings. The lowest BCUT2D eigenvalue weighted by molar-refractivity contribution is 0.0692. The van der Waals surface area contributed by atoms with Crippen molar-refractivity contribution >= 4 is 17.7 Å². The van der Waals surface area contributed by atoms with Crippen molar-refractivity contribution in [3.63, 3.8) is 0 Å². The minimum atomic E-state index is -1.07. The lowest BCUT2D eigenvalue weighted by Crippen LogP contribution is -2.19. The number of aromatic carboxylic acids is 1. The fraction of sp³-hybridized carbons (Fsp3) is 0.273. The molecular weight excluding hydrogens is 268 g/mol. The van der Waals surface area contributed by atoms with Crippen molar-refractivity contribution in [3.05, 3.63) is 34.4 Å². The molecule has 100 valence electrons. The lowest BCUT2D eigenvalue weighted by Gasteiger charge is -2.08. The zero-order valence-electron chi connectivity index (χ0n) is 10.3. The van der Waals surface area contributed by atoms with Crippen molar-refractivity contribution in [1.29, 1.82) is 0 Å². The second-order valence-electron chi connectivity index (χ2n) is 4.04. The van der Waals surface area contributed by atoms with Gasteiger partial charge in [-0.1, -0.05) is 0 Å². The summed E-state index contributed by atoms with van der Waals surface area (Å²) in [6.45, 7) is 3.69. The number of aromatic amines is 1. The first-order valence-electron chi connectivity index (χ1n) is 5.53. The van der Waals surface area contributed by atoms with E-state index in [0.29, 0.717) is 10.2 Å². The first kappa shape index (κ1) is 13.3. The minimum Gasteiger partial charge on any atom is -0.478 e. The molecule has 0 atom stereocenters. The second kappa shape index (κ2) is 5.27. The molecule has 0 aliphatic carbocycles. The van der Waals surface area contributed by atoms with Crippen LogP contribution < -0.4 is 5.69 Å². The Morgan fingerprint density at radius 1 is 1.53 bits per heavy atom. The summed E-state index contributed by atoms with van der Waals surface area (Å²) in [5.74, 6) is -1.07. The number of aromatic nitrogens is 4. The molecule has 8 heteroatoms. The van der Waals surface area contributed by atoms with Crippen molar-refractivity contribution < 1.29 is 9.90 Å². The van der Waals surface area contributed by atoms with Gasteiger partial charge >= 0.3 is 11.7 Å². The van der Waals surface area contributed by atoms with Gasteiger partial charge in [0, 0.05) is 12.2 Å². The van der Waals surface area contributed by atoms with E-state index in [0.717, 1.165) is 11.8 Å². The Hall–Kier alpha value is -2.09. The van der Waals surface area contributed by atoms with Crippen LogP contribution >= 0.6 is 11.8 Å². The molecule has 0 bridgehead atoms. The van der Waals surface area contributed by atoms with E-state index in [9.17, 15) is 9.59 Å². The Kier molecular flexibility index (Phi) is 3.70. The predicted molar refractivity (Wildman–Crippen MR) is 68.6 cm³/mol. The van der Waals surface area contributed by atoms with Gasteiger partial charge in [-0.15, -0.1) is 5.10 Å². The second-order valence-corrected chi connectivity index (χ2v) is 4.99. The number of carboxylic acid groups (broad SMARTS) is 1. The van der Waals surface area contributed by atoms with Gasteiger partial charge < -0.3 is 5.11 Å². The van der Waals surface area contributed by atoms with E-state index in [-0.39, 0.29) is 17.3 Å². The van der Waals surface area contributed by atoms with Crippen LogP contribution in [0.1, 0.15) is 30.2 Å². The number of nitrogens with zero attached hydrogens (tertiary/aromatic N) is 3. The predicted octanol–water partition coefficient (Wildman–Crippen LogP) is 1.40. The van der Waals surface area contributed by atoms with Crippen molar-refractivity contribution in [2.45, 2.75) is 30.1 Å². The van der Waals surface area contributed by atoms with Crippen molar-refractivity contribution in [3.8, 4) is 0 Å². The van der Waals surface area contributed by atoms with E-state index in [1.807, 2.05) is 13.8 Å². The summed E-state index contributed by atoms with van der Waals surface area (Å²) in [5.41, 5.74) is -0.247. The molecule has 0 radical (unpaired) electrons. The third-order valence-electron chi connectivity index (χ3n) is 2.38. The van der Waals surface area contributed by atoms with Crippen LogP contribution in [0.2, 0.25) is 0 Å². The SMILES string of the molecule is CC(C)n1c(Sc2ncccc2C(=O)O)n[nH]c1=O. The maximum absolute atomic E-state index is 11.6. The molecule has 0 spiro atoms. The number of carbonyl (C=O) groups is 1. The van der Waals surface area contributed by atoms with Gasteiger partial charge in [0.25, 0.3) is 0 Å².